The molecule has 118 valence electrons. The van der Waals surface area contributed by atoms with E-state index in [4.69, 9.17) is 0 Å². The second kappa shape index (κ2) is 7.07. The predicted molar refractivity (Wildman–Crippen MR) is 80.8 cm³/mol. The van der Waals surface area contributed by atoms with E-state index in [0.717, 1.165) is 19.5 Å². The van der Waals surface area contributed by atoms with Gasteiger partial charge in [0.2, 0.25) is 5.91 Å². The highest BCUT2D eigenvalue weighted by Gasteiger charge is 2.34. The van der Waals surface area contributed by atoms with E-state index >= 15 is 0 Å². The fourth-order valence-corrected chi connectivity index (χ4v) is 3.25. The molecule has 0 aromatic rings. The van der Waals surface area contributed by atoms with Gasteiger partial charge in [-0.2, -0.15) is 0 Å². The van der Waals surface area contributed by atoms with Gasteiger partial charge >= 0.3 is 5.97 Å². The normalized spacial score (nSPS) is 29.8. The summed E-state index contributed by atoms with van der Waals surface area (Å²) in [5, 5.41) is 12.2. The molecule has 0 spiro atoms. The molecule has 2 rings (SSSR count). The Bertz CT molecular complexity index is 420. The average molecular weight is 294 g/mol. The molecule has 5 nitrogen and oxygen atoms in total. The summed E-state index contributed by atoms with van der Waals surface area (Å²) in [5.41, 5.74) is 0. The number of aliphatic carboxylic acids is 1. The number of likely N-dealkylation sites (tertiary alicyclic amines) is 1. The first-order valence-electron chi connectivity index (χ1n) is 7.88. The topological polar surface area (TPSA) is 69.6 Å². The van der Waals surface area contributed by atoms with E-state index in [1.54, 1.807) is 0 Å². The molecule has 1 saturated heterocycles. The van der Waals surface area contributed by atoms with Crippen LogP contribution in [0.5, 0.6) is 0 Å². The summed E-state index contributed by atoms with van der Waals surface area (Å²) in [6, 6.07) is 0.547. The van der Waals surface area contributed by atoms with E-state index < -0.39 is 17.8 Å². The van der Waals surface area contributed by atoms with E-state index in [1.165, 1.54) is 0 Å². The summed E-state index contributed by atoms with van der Waals surface area (Å²) < 4.78 is 0. The number of carbonyl (C=O) groups is 2. The van der Waals surface area contributed by atoms with Gasteiger partial charge in [0.25, 0.3) is 0 Å². The zero-order chi connectivity index (χ0) is 15.4. The zero-order valence-corrected chi connectivity index (χ0v) is 12.9. The molecule has 3 atom stereocenters. The SMILES string of the molecule is CC(C)N1CCC(CNC(=O)[C@@H]2CC=CC[C@@H]2C(=O)O)C1. The molecule has 1 aliphatic heterocycles. The number of allylic oxidation sites excluding steroid dienone is 2. The van der Waals surface area contributed by atoms with Gasteiger partial charge in [0, 0.05) is 19.1 Å². The molecule has 0 bridgehead atoms. The van der Waals surface area contributed by atoms with Crippen molar-refractivity contribution in [2.24, 2.45) is 17.8 Å². The van der Waals surface area contributed by atoms with Crippen molar-refractivity contribution >= 4 is 11.9 Å². The number of nitrogens with zero attached hydrogens (tertiary/aromatic N) is 1. The van der Waals surface area contributed by atoms with Crippen molar-refractivity contribution in [3.05, 3.63) is 12.2 Å². The van der Waals surface area contributed by atoms with Crippen molar-refractivity contribution in [3.8, 4) is 0 Å². The van der Waals surface area contributed by atoms with Gasteiger partial charge in [-0.1, -0.05) is 12.2 Å². The third kappa shape index (κ3) is 4.06. The Balaban J connectivity index is 1.82. The zero-order valence-electron chi connectivity index (χ0n) is 12.9. The molecule has 1 aliphatic carbocycles. The number of rotatable bonds is 5. The van der Waals surface area contributed by atoms with Crippen LogP contribution in [-0.4, -0.2) is 47.6 Å². The lowest BCUT2D eigenvalue weighted by molar-refractivity contribution is -0.147. The standard InChI is InChI=1S/C16H26N2O3/c1-11(2)18-8-7-12(10-18)9-17-15(19)13-5-3-4-6-14(13)16(20)21/h3-4,11-14H,5-10H2,1-2H3,(H,17,19)(H,20,21)/t12?,13-,14+/m1/s1. The predicted octanol–water partition coefficient (Wildman–Crippen LogP) is 1.50. The molecular formula is C16H26N2O3. The summed E-state index contributed by atoms with van der Waals surface area (Å²) in [5.74, 6) is -1.49. The van der Waals surface area contributed by atoms with Crippen molar-refractivity contribution in [2.75, 3.05) is 19.6 Å². The molecule has 1 heterocycles. The molecule has 0 radical (unpaired) electrons. The molecule has 5 heteroatoms. The Morgan fingerprint density at radius 2 is 1.95 bits per heavy atom. The monoisotopic (exact) mass is 294 g/mol. The van der Waals surface area contributed by atoms with Gasteiger partial charge in [-0.15, -0.1) is 0 Å². The summed E-state index contributed by atoms with van der Waals surface area (Å²) in [6.07, 6.45) is 5.87. The molecule has 2 aliphatic rings. The molecule has 1 fully saturated rings. The number of carbonyl (C=O) groups excluding carboxylic acids is 1. The highest BCUT2D eigenvalue weighted by molar-refractivity contribution is 5.85. The van der Waals surface area contributed by atoms with Crippen LogP contribution in [0.3, 0.4) is 0 Å². The van der Waals surface area contributed by atoms with Gasteiger partial charge in [0.15, 0.2) is 0 Å². The van der Waals surface area contributed by atoms with Gasteiger partial charge in [-0.25, -0.2) is 0 Å². The van der Waals surface area contributed by atoms with Gasteiger partial charge < -0.3 is 15.3 Å². The lowest BCUT2D eigenvalue weighted by Gasteiger charge is -2.25. The summed E-state index contributed by atoms with van der Waals surface area (Å²) in [7, 11) is 0. The number of hydrogen-bond donors (Lipinski definition) is 2. The Morgan fingerprint density at radius 3 is 2.52 bits per heavy atom. The molecule has 1 unspecified atom stereocenters. The molecule has 1 amide bonds. The van der Waals surface area contributed by atoms with Crippen molar-refractivity contribution in [3.63, 3.8) is 0 Å². The van der Waals surface area contributed by atoms with Crippen molar-refractivity contribution < 1.29 is 14.7 Å². The van der Waals surface area contributed by atoms with E-state index in [-0.39, 0.29) is 5.91 Å². The highest BCUT2D eigenvalue weighted by Crippen LogP contribution is 2.26. The third-order valence-corrected chi connectivity index (χ3v) is 4.70. The quantitative estimate of drug-likeness (QED) is 0.754. The maximum absolute atomic E-state index is 12.3. The van der Waals surface area contributed by atoms with Crippen LogP contribution in [0.2, 0.25) is 0 Å². The number of carboxylic acids is 1. The minimum atomic E-state index is -0.869. The maximum atomic E-state index is 12.3. The van der Waals surface area contributed by atoms with Crippen LogP contribution in [0.25, 0.3) is 0 Å². The number of hydrogen-bond acceptors (Lipinski definition) is 3. The van der Waals surface area contributed by atoms with Crippen molar-refractivity contribution in [1.82, 2.24) is 10.2 Å². The van der Waals surface area contributed by atoms with Crippen LogP contribution in [0.15, 0.2) is 12.2 Å². The fraction of sp³-hybridized carbons (Fsp3) is 0.750. The van der Waals surface area contributed by atoms with E-state index in [0.29, 0.717) is 31.3 Å². The lowest BCUT2D eigenvalue weighted by atomic mass is 9.82. The minimum Gasteiger partial charge on any atom is -0.481 e. The highest BCUT2D eigenvalue weighted by atomic mass is 16.4. The maximum Gasteiger partial charge on any atom is 0.307 e. The first-order chi connectivity index (χ1) is 9.99. The van der Waals surface area contributed by atoms with Crippen LogP contribution < -0.4 is 5.32 Å². The van der Waals surface area contributed by atoms with E-state index in [2.05, 4.69) is 24.1 Å². The Labute approximate surface area is 126 Å². The van der Waals surface area contributed by atoms with Crippen molar-refractivity contribution in [1.29, 1.82) is 0 Å². The fourth-order valence-electron chi connectivity index (χ4n) is 3.25. The molecule has 2 N–H and O–H groups in total. The molecule has 0 saturated carbocycles. The second-order valence-corrected chi connectivity index (χ2v) is 6.48. The third-order valence-electron chi connectivity index (χ3n) is 4.70. The average Bonchev–Trinajstić information content (AvgIpc) is 2.94. The molecular weight excluding hydrogens is 268 g/mol. The van der Waals surface area contributed by atoms with Gasteiger partial charge in [0.1, 0.15) is 0 Å². The number of carboxylic acid groups (broad SMARTS) is 1. The largest absolute Gasteiger partial charge is 0.481 e. The van der Waals surface area contributed by atoms with Crippen LogP contribution in [-0.2, 0) is 9.59 Å². The minimum absolute atomic E-state index is 0.102. The molecule has 0 aromatic heterocycles. The Kier molecular flexibility index (Phi) is 5.39. The van der Waals surface area contributed by atoms with Crippen molar-refractivity contribution in [2.45, 2.75) is 39.2 Å². The summed E-state index contributed by atoms with van der Waals surface area (Å²) in [6.45, 7) is 7.14. The van der Waals surface area contributed by atoms with Gasteiger partial charge in [-0.05, 0) is 45.6 Å². The van der Waals surface area contributed by atoms with Crippen LogP contribution >= 0.6 is 0 Å². The first kappa shape index (κ1) is 16.0. The van der Waals surface area contributed by atoms with Crippen LogP contribution in [0.1, 0.15) is 33.1 Å². The van der Waals surface area contributed by atoms with Crippen LogP contribution in [0, 0.1) is 17.8 Å². The van der Waals surface area contributed by atoms with E-state index in [9.17, 15) is 14.7 Å². The second-order valence-electron chi connectivity index (χ2n) is 6.48. The Morgan fingerprint density at radius 1 is 1.29 bits per heavy atom. The Hall–Kier alpha value is -1.36. The lowest BCUT2D eigenvalue weighted by Crippen LogP contribution is -2.41. The summed E-state index contributed by atoms with van der Waals surface area (Å²) in [4.78, 5) is 25.9. The number of amides is 1. The number of nitrogens with one attached hydrogen (secondary N) is 1. The van der Waals surface area contributed by atoms with E-state index in [1.807, 2.05) is 12.2 Å². The van der Waals surface area contributed by atoms with Gasteiger partial charge in [0.05, 0.1) is 11.8 Å². The molecule has 0 aromatic carbocycles. The first-order valence-corrected chi connectivity index (χ1v) is 7.88. The molecule has 21 heavy (non-hydrogen) atoms. The smallest absolute Gasteiger partial charge is 0.307 e. The van der Waals surface area contributed by atoms with Crippen LogP contribution in [0.4, 0.5) is 0 Å². The summed E-state index contributed by atoms with van der Waals surface area (Å²) >= 11 is 0. The van der Waals surface area contributed by atoms with Gasteiger partial charge in [-0.3, -0.25) is 9.59 Å².